The van der Waals surface area contributed by atoms with E-state index in [-0.39, 0.29) is 0 Å². The summed E-state index contributed by atoms with van der Waals surface area (Å²) in [5.41, 5.74) is 4.47. The first-order valence-electron chi connectivity index (χ1n) is 7.51. The van der Waals surface area contributed by atoms with Gasteiger partial charge in [0.2, 0.25) is 0 Å². The molecule has 1 aliphatic carbocycles. The van der Waals surface area contributed by atoms with E-state index in [2.05, 4.69) is 44.3 Å². The molecule has 0 saturated heterocycles. The first-order valence-corrected chi connectivity index (χ1v) is 7.51. The van der Waals surface area contributed by atoms with Crippen LogP contribution in [0, 0.1) is 13.8 Å². The van der Waals surface area contributed by atoms with Crippen LogP contribution < -0.4 is 5.32 Å². The van der Waals surface area contributed by atoms with Crippen LogP contribution in [-0.4, -0.2) is 12.6 Å². The normalized spacial score (nSPS) is 24.2. The number of aryl methyl sites for hydroxylation is 2. The van der Waals surface area contributed by atoms with Crippen LogP contribution in [0.3, 0.4) is 0 Å². The zero-order chi connectivity index (χ0) is 13.0. The van der Waals surface area contributed by atoms with Gasteiger partial charge in [0, 0.05) is 6.04 Å². The Bertz CT molecular complexity index is 383. The number of hydrogen-bond acceptors (Lipinski definition) is 1. The van der Waals surface area contributed by atoms with Crippen LogP contribution in [0.4, 0.5) is 0 Å². The summed E-state index contributed by atoms with van der Waals surface area (Å²) >= 11 is 0. The van der Waals surface area contributed by atoms with Gasteiger partial charge in [0.1, 0.15) is 0 Å². The predicted octanol–water partition coefficient (Wildman–Crippen LogP) is 4.33. The number of hydrogen-bond donors (Lipinski definition) is 1. The fourth-order valence-electron chi connectivity index (χ4n) is 3.21. The van der Waals surface area contributed by atoms with Gasteiger partial charge in [-0.25, -0.2) is 0 Å². The van der Waals surface area contributed by atoms with Gasteiger partial charge in [-0.2, -0.15) is 0 Å². The topological polar surface area (TPSA) is 12.0 Å². The molecule has 1 fully saturated rings. The Hall–Kier alpha value is -0.820. The highest BCUT2D eigenvalue weighted by atomic mass is 14.9. The van der Waals surface area contributed by atoms with Gasteiger partial charge in [-0.05, 0) is 63.1 Å². The summed E-state index contributed by atoms with van der Waals surface area (Å²) in [6, 6.07) is 7.66. The maximum absolute atomic E-state index is 3.71. The first kappa shape index (κ1) is 13.6. The maximum Gasteiger partial charge on any atom is 0.00728 e. The van der Waals surface area contributed by atoms with Crippen LogP contribution in [0.1, 0.15) is 61.6 Å². The second kappa shape index (κ2) is 6.38. The molecule has 2 rings (SSSR count). The van der Waals surface area contributed by atoms with Crippen molar-refractivity contribution in [2.45, 2.75) is 64.8 Å². The highest BCUT2D eigenvalue weighted by molar-refractivity contribution is 5.33. The third-order valence-electron chi connectivity index (χ3n) is 4.23. The Morgan fingerprint density at radius 1 is 1.22 bits per heavy atom. The van der Waals surface area contributed by atoms with Crippen LogP contribution in [-0.2, 0) is 0 Å². The van der Waals surface area contributed by atoms with Gasteiger partial charge in [0.25, 0.3) is 0 Å². The quantitative estimate of drug-likeness (QED) is 0.832. The monoisotopic (exact) mass is 245 g/mol. The van der Waals surface area contributed by atoms with Gasteiger partial charge in [-0.3, -0.25) is 0 Å². The Morgan fingerprint density at radius 3 is 2.83 bits per heavy atom. The molecule has 0 spiro atoms. The van der Waals surface area contributed by atoms with Crippen molar-refractivity contribution < 1.29 is 0 Å². The summed E-state index contributed by atoms with van der Waals surface area (Å²) in [4.78, 5) is 0. The molecule has 1 saturated carbocycles. The lowest BCUT2D eigenvalue weighted by Gasteiger charge is -2.31. The lowest BCUT2D eigenvalue weighted by atomic mass is 9.79. The highest BCUT2D eigenvalue weighted by Gasteiger charge is 2.23. The van der Waals surface area contributed by atoms with Crippen LogP contribution in [0.15, 0.2) is 18.2 Å². The second-order valence-corrected chi connectivity index (χ2v) is 5.87. The van der Waals surface area contributed by atoms with Crippen molar-refractivity contribution >= 4 is 0 Å². The number of nitrogens with one attached hydrogen (secondary N) is 1. The summed E-state index contributed by atoms with van der Waals surface area (Å²) in [7, 11) is 0. The minimum Gasteiger partial charge on any atom is -0.314 e. The van der Waals surface area contributed by atoms with Crippen molar-refractivity contribution in [2.24, 2.45) is 0 Å². The van der Waals surface area contributed by atoms with Crippen LogP contribution in [0.2, 0.25) is 0 Å². The molecule has 1 nitrogen and oxygen atoms in total. The zero-order valence-corrected chi connectivity index (χ0v) is 12.1. The molecule has 2 atom stereocenters. The molecule has 1 heteroatoms. The molecule has 100 valence electrons. The van der Waals surface area contributed by atoms with E-state index in [1.54, 1.807) is 5.56 Å². The summed E-state index contributed by atoms with van der Waals surface area (Å²) in [5.74, 6) is 0.771. The smallest absolute Gasteiger partial charge is 0.00728 e. The molecule has 18 heavy (non-hydrogen) atoms. The highest BCUT2D eigenvalue weighted by Crippen LogP contribution is 2.34. The van der Waals surface area contributed by atoms with Gasteiger partial charge in [0.05, 0.1) is 0 Å². The Labute approximate surface area is 112 Å². The molecular formula is C17H27N. The lowest BCUT2D eigenvalue weighted by Crippen LogP contribution is -2.34. The van der Waals surface area contributed by atoms with Crippen molar-refractivity contribution in [3.05, 3.63) is 34.9 Å². The summed E-state index contributed by atoms with van der Waals surface area (Å²) < 4.78 is 0. The maximum atomic E-state index is 3.71. The standard InChI is InChI=1S/C17H27N/c1-4-10-18-16-7-5-6-15(12-16)17-11-13(2)8-9-14(17)3/h8-9,11,15-16,18H,4-7,10,12H2,1-3H3. The fourth-order valence-corrected chi connectivity index (χ4v) is 3.21. The van der Waals surface area contributed by atoms with Crippen LogP contribution >= 0.6 is 0 Å². The minimum atomic E-state index is 0.739. The Kier molecular flexibility index (Phi) is 4.82. The molecule has 0 amide bonds. The largest absolute Gasteiger partial charge is 0.314 e. The number of benzene rings is 1. The zero-order valence-electron chi connectivity index (χ0n) is 12.1. The predicted molar refractivity (Wildman–Crippen MR) is 79.2 cm³/mol. The molecule has 1 N–H and O–H groups in total. The molecule has 0 aromatic heterocycles. The molecular weight excluding hydrogens is 218 g/mol. The Morgan fingerprint density at radius 2 is 2.06 bits per heavy atom. The van der Waals surface area contributed by atoms with E-state index in [0.717, 1.165) is 12.0 Å². The molecule has 1 aliphatic rings. The summed E-state index contributed by atoms with van der Waals surface area (Å²) in [5, 5.41) is 3.71. The lowest BCUT2D eigenvalue weighted by molar-refractivity contribution is 0.339. The van der Waals surface area contributed by atoms with Gasteiger partial charge >= 0.3 is 0 Å². The molecule has 0 radical (unpaired) electrons. The van der Waals surface area contributed by atoms with Crippen LogP contribution in [0.5, 0.6) is 0 Å². The molecule has 0 heterocycles. The van der Waals surface area contributed by atoms with Gasteiger partial charge in [-0.15, -0.1) is 0 Å². The van der Waals surface area contributed by atoms with E-state index in [0.29, 0.717) is 0 Å². The van der Waals surface area contributed by atoms with E-state index in [4.69, 9.17) is 0 Å². The summed E-state index contributed by atoms with van der Waals surface area (Å²) in [6.07, 6.45) is 6.67. The molecule has 1 aromatic carbocycles. The molecule has 1 aromatic rings. The minimum absolute atomic E-state index is 0.739. The van der Waals surface area contributed by atoms with E-state index in [9.17, 15) is 0 Å². The van der Waals surface area contributed by atoms with Gasteiger partial charge in [0.15, 0.2) is 0 Å². The second-order valence-electron chi connectivity index (χ2n) is 5.87. The van der Waals surface area contributed by atoms with Crippen molar-refractivity contribution in [3.63, 3.8) is 0 Å². The SMILES string of the molecule is CCCNC1CCCC(c2cc(C)ccc2C)C1. The molecule has 2 unspecified atom stereocenters. The van der Waals surface area contributed by atoms with Crippen molar-refractivity contribution in [1.82, 2.24) is 5.32 Å². The fraction of sp³-hybridized carbons (Fsp3) is 0.647. The molecule has 0 bridgehead atoms. The first-order chi connectivity index (χ1) is 8.70. The summed E-state index contributed by atoms with van der Waals surface area (Å²) in [6.45, 7) is 7.89. The van der Waals surface area contributed by atoms with Crippen molar-refractivity contribution in [1.29, 1.82) is 0 Å². The third kappa shape index (κ3) is 3.35. The van der Waals surface area contributed by atoms with E-state index < -0.39 is 0 Å². The number of rotatable bonds is 4. The van der Waals surface area contributed by atoms with Gasteiger partial charge < -0.3 is 5.32 Å². The van der Waals surface area contributed by atoms with E-state index in [1.165, 1.54) is 49.8 Å². The van der Waals surface area contributed by atoms with Crippen molar-refractivity contribution in [2.75, 3.05) is 6.54 Å². The average molecular weight is 245 g/mol. The van der Waals surface area contributed by atoms with E-state index in [1.807, 2.05) is 0 Å². The Balaban J connectivity index is 2.05. The third-order valence-corrected chi connectivity index (χ3v) is 4.23. The van der Waals surface area contributed by atoms with Crippen LogP contribution in [0.25, 0.3) is 0 Å². The average Bonchev–Trinajstić information content (AvgIpc) is 2.39. The van der Waals surface area contributed by atoms with E-state index >= 15 is 0 Å². The van der Waals surface area contributed by atoms with Crippen molar-refractivity contribution in [3.8, 4) is 0 Å². The molecule has 0 aliphatic heterocycles. The van der Waals surface area contributed by atoms with Gasteiger partial charge in [-0.1, -0.05) is 37.1 Å².